The molecule has 0 spiro atoms. The Labute approximate surface area is 63.4 Å². The van der Waals surface area contributed by atoms with Crippen molar-refractivity contribution in [3.05, 3.63) is 0 Å². The van der Waals surface area contributed by atoms with Crippen molar-refractivity contribution in [2.45, 2.75) is 25.3 Å². The van der Waals surface area contributed by atoms with Crippen molar-refractivity contribution in [3.63, 3.8) is 0 Å². The number of hydrogen-bond acceptors (Lipinski definition) is 2. The molecule has 2 heteroatoms. The first-order valence-corrected chi connectivity index (χ1v) is 4.12. The summed E-state index contributed by atoms with van der Waals surface area (Å²) in [6.07, 6.45) is 4.04. The zero-order valence-electron chi connectivity index (χ0n) is 7.01. The summed E-state index contributed by atoms with van der Waals surface area (Å²) in [6, 6.07) is 0.755. The van der Waals surface area contributed by atoms with Crippen molar-refractivity contribution in [3.8, 4) is 0 Å². The minimum Gasteiger partial charge on any atom is -0.330 e. The number of nitrogens with zero attached hydrogens (tertiary/aromatic N) is 1. The van der Waals surface area contributed by atoms with Gasteiger partial charge in [0.15, 0.2) is 0 Å². The molecule has 1 aliphatic rings. The van der Waals surface area contributed by atoms with Gasteiger partial charge in [0.05, 0.1) is 0 Å². The molecule has 1 saturated carbocycles. The van der Waals surface area contributed by atoms with Gasteiger partial charge in [-0.1, -0.05) is 6.42 Å². The summed E-state index contributed by atoms with van der Waals surface area (Å²) >= 11 is 0. The van der Waals surface area contributed by atoms with Crippen LogP contribution in [0.3, 0.4) is 0 Å². The van der Waals surface area contributed by atoms with Crippen molar-refractivity contribution in [1.82, 2.24) is 4.90 Å². The highest BCUT2D eigenvalue weighted by molar-refractivity contribution is 4.83. The van der Waals surface area contributed by atoms with Crippen LogP contribution in [0, 0.1) is 5.92 Å². The van der Waals surface area contributed by atoms with Crippen LogP contribution in [0.2, 0.25) is 0 Å². The fraction of sp³-hybridized carbons (Fsp3) is 1.00. The van der Waals surface area contributed by atoms with Gasteiger partial charge in [-0.15, -0.1) is 0 Å². The molecule has 0 unspecified atom stereocenters. The van der Waals surface area contributed by atoms with E-state index < -0.39 is 0 Å². The number of hydrogen-bond donors (Lipinski definition) is 1. The first-order valence-electron chi connectivity index (χ1n) is 4.12. The second-order valence-corrected chi connectivity index (χ2v) is 3.46. The lowest BCUT2D eigenvalue weighted by molar-refractivity contribution is 0.241. The topological polar surface area (TPSA) is 29.3 Å². The van der Waals surface area contributed by atoms with E-state index in [1.165, 1.54) is 19.3 Å². The quantitative estimate of drug-likeness (QED) is 0.614. The van der Waals surface area contributed by atoms with Crippen LogP contribution in [0.25, 0.3) is 0 Å². The molecule has 1 aliphatic carbocycles. The molecule has 1 fully saturated rings. The molecule has 0 radical (unpaired) electrons. The number of nitrogens with two attached hydrogens (primary N) is 1. The first-order chi connectivity index (χ1) is 4.75. The Morgan fingerprint density at radius 1 is 1.40 bits per heavy atom. The summed E-state index contributed by atoms with van der Waals surface area (Å²) in [6.45, 7) is 0.864. The molecular weight excluding hydrogens is 124 g/mol. The van der Waals surface area contributed by atoms with Crippen LogP contribution in [0.15, 0.2) is 0 Å². The third kappa shape index (κ3) is 1.50. The minimum absolute atomic E-state index is 0.755. The van der Waals surface area contributed by atoms with Gasteiger partial charge in [-0.3, -0.25) is 0 Å². The Morgan fingerprint density at radius 2 is 2.10 bits per heavy atom. The van der Waals surface area contributed by atoms with Crippen molar-refractivity contribution in [1.29, 1.82) is 0 Å². The summed E-state index contributed by atoms with van der Waals surface area (Å²) in [7, 11) is 4.30. The van der Waals surface area contributed by atoms with Gasteiger partial charge in [0.2, 0.25) is 0 Å². The second kappa shape index (κ2) is 3.35. The van der Waals surface area contributed by atoms with E-state index in [9.17, 15) is 0 Å². The Bertz CT molecular complexity index is 101. The van der Waals surface area contributed by atoms with Gasteiger partial charge in [-0.2, -0.15) is 0 Å². The molecule has 0 aromatic carbocycles. The molecule has 2 N–H and O–H groups in total. The lowest BCUT2D eigenvalue weighted by atomic mass is 10.0. The SMILES string of the molecule is CN(C)[C@H]1CCC[C@@H]1CN. The van der Waals surface area contributed by atoms with Crippen LogP contribution >= 0.6 is 0 Å². The standard InChI is InChI=1S/C8H18N2/c1-10(2)8-5-3-4-7(8)6-9/h7-8H,3-6,9H2,1-2H3/t7-,8+/m1/s1. The van der Waals surface area contributed by atoms with Gasteiger partial charge in [-0.25, -0.2) is 0 Å². The van der Waals surface area contributed by atoms with E-state index in [1.807, 2.05) is 0 Å². The van der Waals surface area contributed by atoms with Crippen LogP contribution in [-0.2, 0) is 0 Å². The molecule has 0 aromatic heterocycles. The van der Waals surface area contributed by atoms with Gasteiger partial charge in [0.25, 0.3) is 0 Å². The molecule has 0 aliphatic heterocycles. The summed E-state index contributed by atoms with van der Waals surface area (Å²) in [4.78, 5) is 2.31. The lowest BCUT2D eigenvalue weighted by Gasteiger charge is -2.24. The third-order valence-corrected chi connectivity index (χ3v) is 2.58. The van der Waals surface area contributed by atoms with Crippen LogP contribution in [0.5, 0.6) is 0 Å². The Hall–Kier alpha value is -0.0800. The van der Waals surface area contributed by atoms with E-state index in [1.54, 1.807) is 0 Å². The highest BCUT2D eigenvalue weighted by Gasteiger charge is 2.26. The molecule has 2 nitrogen and oxygen atoms in total. The highest BCUT2D eigenvalue weighted by atomic mass is 15.1. The summed E-state index contributed by atoms with van der Waals surface area (Å²) in [5.41, 5.74) is 5.64. The molecule has 0 aromatic rings. The maximum absolute atomic E-state index is 5.64. The molecule has 1 rings (SSSR count). The smallest absolute Gasteiger partial charge is 0.0129 e. The maximum atomic E-state index is 5.64. The van der Waals surface area contributed by atoms with Crippen molar-refractivity contribution in [2.75, 3.05) is 20.6 Å². The van der Waals surface area contributed by atoms with E-state index in [0.717, 1.165) is 18.5 Å². The molecule has 0 bridgehead atoms. The Kier molecular flexibility index (Phi) is 2.69. The zero-order chi connectivity index (χ0) is 7.56. The van der Waals surface area contributed by atoms with E-state index in [2.05, 4.69) is 19.0 Å². The zero-order valence-corrected chi connectivity index (χ0v) is 7.01. The molecule has 0 saturated heterocycles. The Morgan fingerprint density at radius 3 is 2.50 bits per heavy atom. The summed E-state index contributed by atoms with van der Waals surface area (Å²) in [5.74, 6) is 0.759. The molecule has 0 amide bonds. The van der Waals surface area contributed by atoms with E-state index in [4.69, 9.17) is 5.73 Å². The van der Waals surface area contributed by atoms with Gasteiger partial charge in [-0.05, 0) is 39.4 Å². The largest absolute Gasteiger partial charge is 0.330 e. The summed E-state index contributed by atoms with van der Waals surface area (Å²) < 4.78 is 0. The van der Waals surface area contributed by atoms with Crippen molar-refractivity contribution >= 4 is 0 Å². The van der Waals surface area contributed by atoms with Crippen LogP contribution in [-0.4, -0.2) is 31.6 Å². The monoisotopic (exact) mass is 142 g/mol. The lowest BCUT2D eigenvalue weighted by Crippen LogP contribution is -2.34. The molecule has 60 valence electrons. The highest BCUT2D eigenvalue weighted by Crippen LogP contribution is 2.27. The van der Waals surface area contributed by atoms with Gasteiger partial charge >= 0.3 is 0 Å². The van der Waals surface area contributed by atoms with Crippen LogP contribution < -0.4 is 5.73 Å². The molecular formula is C8H18N2. The maximum Gasteiger partial charge on any atom is 0.0129 e. The number of rotatable bonds is 2. The third-order valence-electron chi connectivity index (χ3n) is 2.58. The summed E-state index contributed by atoms with van der Waals surface area (Å²) in [5, 5.41) is 0. The minimum atomic E-state index is 0.755. The van der Waals surface area contributed by atoms with E-state index in [-0.39, 0.29) is 0 Å². The van der Waals surface area contributed by atoms with Gasteiger partial charge in [0.1, 0.15) is 0 Å². The van der Waals surface area contributed by atoms with E-state index in [0.29, 0.717) is 0 Å². The van der Waals surface area contributed by atoms with Crippen LogP contribution in [0.1, 0.15) is 19.3 Å². The first kappa shape index (κ1) is 8.02. The molecule has 10 heavy (non-hydrogen) atoms. The molecule has 2 atom stereocenters. The fourth-order valence-electron chi connectivity index (χ4n) is 1.97. The van der Waals surface area contributed by atoms with Gasteiger partial charge in [0, 0.05) is 6.04 Å². The van der Waals surface area contributed by atoms with Crippen molar-refractivity contribution in [2.24, 2.45) is 11.7 Å². The Balaban J connectivity index is 2.42. The van der Waals surface area contributed by atoms with Crippen LogP contribution in [0.4, 0.5) is 0 Å². The normalized spacial score (nSPS) is 33.6. The predicted octanol–water partition coefficient (Wildman–Crippen LogP) is 0.675. The average Bonchev–Trinajstić information content (AvgIpc) is 2.33. The predicted molar refractivity (Wildman–Crippen MR) is 43.9 cm³/mol. The molecule has 0 heterocycles. The average molecular weight is 142 g/mol. The fourth-order valence-corrected chi connectivity index (χ4v) is 1.97. The second-order valence-electron chi connectivity index (χ2n) is 3.46. The van der Waals surface area contributed by atoms with Gasteiger partial charge < -0.3 is 10.6 Å². The van der Waals surface area contributed by atoms with E-state index >= 15 is 0 Å². The van der Waals surface area contributed by atoms with Crippen molar-refractivity contribution < 1.29 is 0 Å².